The lowest BCUT2D eigenvalue weighted by Gasteiger charge is -2.26. The molecule has 2 atom stereocenters. The second kappa shape index (κ2) is 6.68. The molecule has 2 unspecified atom stereocenters. The van der Waals surface area contributed by atoms with Crippen LogP contribution in [0.1, 0.15) is 30.1 Å². The van der Waals surface area contributed by atoms with Crippen molar-refractivity contribution in [3.8, 4) is 0 Å². The number of benzene rings is 1. The van der Waals surface area contributed by atoms with Crippen LogP contribution < -0.4 is 5.73 Å². The maximum absolute atomic E-state index is 12.1. The van der Waals surface area contributed by atoms with Gasteiger partial charge in [-0.1, -0.05) is 24.3 Å². The second-order valence-corrected chi connectivity index (χ2v) is 7.76. The summed E-state index contributed by atoms with van der Waals surface area (Å²) in [5.74, 6) is -0.220. The number of ether oxygens (including phenoxy) is 1. The van der Waals surface area contributed by atoms with Crippen LogP contribution in [0.5, 0.6) is 0 Å². The van der Waals surface area contributed by atoms with Crippen LogP contribution in [0.15, 0.2) is 24.3 Å². The summed E-state index contributed by atoms with van der Waals surface area (Å²) in [7, 11) is -3.10. The van der Waals surface area contributed by atoms with Gasteiger partial charge in [0.05, 0.1) is 24.5 Å². The summed E-state index contributed by atoms with van der Waals surface area (Å²) in [5.41, 5.74) is 8.03. The molecule has 21 heavy (non-hydrogen) atoms. The molecule has 0 saturated heterocycles. The van der Waals surface area contributed by atoms with Gasteiger partial charge >= 0.3 is 0 Å². The summed E-state index contributed by atoms with van der Waals surface area (Å²) in [4.78, 5) is 12.1. The monoisotopic (exact) mass is 311 g/mol. The van der Waals surface area contributed by atoms with Gasteiger partial charge in [-0.3, -0.25) is 4.79 Å². The average Bonchev–Trinajstić information content (AvgIpc) is 2.44. The number of Topliss-reactive ketones (excluding diaryl/α,β-unsaturated/α-hetero) is 1. The molecule has 0 saturated carbocycles. The van der Waals surface area contributed by atoms with Crippen molar-refractivity contribution in [2.45, 2.75) is 31.4 Å². The fraction of sp³-hybridized carbons (Fsp3) is 0.533. The van der Waals surface area contributed by atoms with Crippen molar-refractivity contribution in [3.63, 3.8) is 0 Å². The Hall–Kier alpha value is -1.24. The molecule has 116 valence electrons. The SMILES string of the molecule is CS(=O)(=O)CCC(N)C(=O)CC1OCCc2ccccc21. The van der Waals surface area contributed by atoms with Crippen LogP contribution in [-0.4, -0.2) is 38.9 Å². The van der Waals surface area contributed by atoms with Gasteiger partial charge in [0.1, 0.15) is 9.84 Å². The molecule has 0 radical (unpaired) electrons. The van der Waals surface area contributed by atoms with Gasteiger partial charge in [0, 0.05) is 12.7 Å². The van der Waals surface area contributed by atoms with E-state index in [2.05, 4.69) is 0 Å². The Kier molecular flexibility index (Phi) is 5.13. The van der Waals surface area contributed by atoms with Crippen LogP contribution in [0.3, 0.4) is 0 Å². The number of rotatable bonds is 6. The van der Waals surface area contributed by atoms with Gasteiger partial charge in [0.2, 0.25) is 0 Å². The third kappa shape index (κ3) is 4.62. The Labute approximate surface area is 125 Å². The highest BCUT2D eigenvalue weighted by Gasteiger charge is 2.25. The Morgan fingerprint density at radius 2 is 2.14 bits per heavy atom. The topological polar surface area (TPSA) is 86.5 Å². The normalized spacial score (nSPS) is 19.8. The highest BCUT2D eigenvalue weighted by Crippen LogP contribution is 2.29. The minimum Gasteiger partial charge on any atom is -0.373 e. The summed E-state index contributed by atoms with van der Waals surface area (Å²) in [6.45, 7) is 0.591. The summed E-state index contributed by atoms with van der Waals surface area (Å²) < 4.78 is 27.9. The molecular weight excluding hydrogens is 290 g/mol. The molecule has 0 aromatic heterocycles. The fourth-order valence-electron chi connectivity index (χ4n) is 2.48. The number of sulfone groups is 1. The standard InChI is InChI=1S/C15H21NO4S/c1-21(18,19)9-7-13(16)14(17)10-15-12-5-3-2-4-11(12)6-8-20-15/h2-5,13,15H,6-10,16H2,1H3. The van der Waals surface area contributed by atoms with E-state index in [1.165, 1.54) is 5.56 Å². The summed E-state index contributed by atoms with van der Waals surface area (Å²) in [5, 5.41) is 0. The maximum atomic E-state index is 12.1. The molecule has 0 spiro atoms. The molecule has 1 aromatic rings. The summed E-state index contributed by atoms with van der Waals surface area (Å²) in [6, 6.07) is 7.15. The first-order chi connectivity index (χ1) is 9.87. The van der Waals surface area contributed by atoms with Gasteiger partial charge in [-0.25, -0.2) is 8.42 Å². The zero-order chi connectivity index (χ0) is 15.5. The zero-order valence-electron chi connectivity index (χ0n) is 12.1. The van der Waals surface area contributed by atoms with Crippen molar-refractivity contribution in [2.24, 2.45) is 5.73 Å². The Morgan fingerprint density at radius 3 is 2.86 bits per heavy atom. The third-order valence-electron chi connectivity index (χ3n) is 3.69. The second-order valence-electron chi connectivity index (χ2n) is 5.50. The predicted molar refractivity (Wildman–Crippen MR) is 80.8 cm³/mol. The number of carbonyl (C=O) groups is 1. The van der Waals surface area contributed by atoms with Gasteiger partial charge in [0.25, 0.3) is 0 Å². The van der Waals surface area contributed by atoms with E-state index < -0.39 is 15.9 Å². The van der Waals surface area contributed by atoms with E-state index in [0.717, 1.165) is 18.2 Å². The van der Waals surface area contributed by atoms with Gasteiger partial charge < -0.3 is 10.5 Å². The van der Waals surface area contributed by atoms with Crippen LogP contribution in [0.2, 0.25) is 0 Å². The first kappa shape index (κ1) is 16.1. The van der Waals surface area contributed by atoms with E-state index in [9.17, 15) is 13.2 Å². The molecule has 1 aliphatic heterocycles. The summed E-state index contributed by atoms with van der Waals surface area (Å²) in [6.07, 6.45) is 2.08. The largest absolute Gasteiger partial charge is 0.373 e. The molecule has 0 amide bonds. The first-order valence-electron chi connectivity index (χ1n) is 7.02. The number of hydrogen-bond acceptors (Lipinski definition) is 5. The smallest absolute Gasteiger partial charge is 0.152 e. The molecule has 6 heteroatoms. The van der Waals surface area contributed by atoms with Crippen LogP contribution in [0.25, 0.3) is 0 Å². The fourth-order valence-corrected chi connectivity index (χ4v) is 3.16. The number of hydrogen-bond donors (Lipinski definition) is 1. The van der Waals surface area contributed by atoms with Crippen molar-refractivity contribution < 1.29 is 17.9 Å². The van der Waals surface area contributed by atoms with E-state index in [0.29, 0.717) is 6.61 Å². The molecule has 1 heterocycles. The van der Waals surface area contributed by atoms with E-state index in [1.54, 1.807) is 0 Å². The van der Waals surface area contributed by atoms with E-state index in [-0.39, 0.29) is 30.5 Å². The van der Waals surface area contributed by atoms with Gasteiger partial charge in [-0.2, -0.15) is 0 Å². The lowest BCUT2D eigenvalue weighted by molar-refractivity contribution is -0.123. The number of fused-ring (bicyclic) bond motifs is 1. The molecule has 1 aliphatic rings. The number of ketones is 1. The predicted octanol–water partition coefficient (Wildman–Crippen LogP) is 1.02. The van der Waals surface area contributed by atoms with Gasteiger partial charge in [-0.15, -0.1) is 0 Å². The lowest BCUT2D eigenvalue weighted by Crippen LogP contribution is -2.34. The van der Waals surface area contributed by atoms with E-state index in [4.69, 9.17) is 10.5 Å². The Bertz CT molecular complexity index is 612. The van der Waals surface area contributed by atoms with Crippen LogP contribution in [0.4, 0.5) is 0 Å². The zero-order valence-corrected chi connectivity index (χ0v) is 12.9. The molecule has 0 fully saturated rings. The van der Waals surface area contributed by atoms with E-state index in [1.807, 2.05) is 24.3 Å². The van der Waals surface area contributed by atoms with Gasteiger partial charge in [0.15, 0.2) is 5.78 Å². The molecule has 0 bridgehead atoms. The molecule has 5 nitrogen and oxygen atoms in total. The van der Waals surface area contributed by atoms with E-state index >= 15 is 0 Å². The first-order valence-corrected chi connectivity index (χ1v) is 9.08. The van der Waals surface area contributed by atoms with Crippen molar-refractivity contribution in [1.29, 1.82) is 0 Å². The van der Waals surface area contributed by atoms with Crippen molar-refractivity contribution in [1.82, 2.24) is 0 Å². The molecule has 2 rings (SSSR count). The van der Waals surface area contributed by atoms with Crippen molar-refractivity contribution in [2.75, 3.05) is 18.6 Å². The molecule has 2 N–H and O–H groups in total. The third-order valence-corrected chi connectivity index (χ3v) is 4.67. The van der Waals surface area contributed by atoms with Crippen LogP contribution >= 0.6 is 0 Å². The maximum Gasteiger partial charge on any atom is 0.152 e. The Morgan fingerprint density at radius 1 is 1.43 bits per heavy atom. The Balaban J connectivity index is 1.97. The minimum atomic E-state index is -3.10. The van der Waals surface area contributed by atoms with Crippen LogP contribution in [0, 0.1) is 0 Å². The molecular formula is C15H21NO4S. The van der Waals surface area contributed by atoms with Gasteiger partial charge in [-0.05, 0) is 24.0 Å². The average molecular weight is 311 g/mol. The molecule has 1 aromatic carbocycles. The lowest BCUT2D eigenvalue weighted by atomic mass is 9.93. The molecule has 0 aliphatic carbocycles. The highest BCUT2D eigenvalue weighted by molar-refractivity contribution is 7.90. The highest BCUT2D eigenvalue weighted by atomic mass is 32.2. The van der Waals surface area contributed by atoms with Crippen molar-refractivity contribution >= 4 is 15.6 Å². The number of nitrogens with two attached hydrogens (primary N) is 1. The van der Waals surface area contributed by atoms with Crippen LogP contribution in [-0.2, 0) is 25.8 Å². The quantitative estimate of drug-likeness (QED) is 0.847. The minimum absolute atomic E-state index is 0.0674. The van der Waals surface area contributed by atoms with Crippen molar-refractivity contribution in [3.05, 3.63) is 35.4 Å². The number of carbonyl (C=O) groups excluding carboxylic acids is 1. The summed E-state index contributed by atoms with van der Waals surface area (Å²) >= 11 is 0.